The summed E-state index contributed by atoms with van der Waals surface area (Å²) in [6, 6.07) is 0.809. The van der Waals surface area contributed by atoms with Crippen molar-refractivity contribution in [2.45, 2.75) is 38.6 Å². The van der Waals surface area contributed by atoms with E-state index in [4.69, 9.17) is 0 Å². The third-order valence-corrected chi connectivity index (χ3v) is 2.94. The smallest absolute Gasteiger partial charge is 0.0157 e. The molecule has 0 heterocycles. The molecule has 0 amide bonds. The van der Waals surface area contributed by atoms with Crippen LogP contribution in [0, 0.1) is 5.92 Å². The molecular weight excluding hydrogens is 202 g/mol. The molecule has 0 radical (unpaired) electrons. The fraction of sp³-hybridized carbons (Fsp3) is 1.00. The van der Waals surface area contributed by atoms with Crippen molar-refractivity contribution in [3.05, 3.63) is 0 Å². The van der Waals surface area contributed by atoms with E-state index in [1.54, 1.807) is 0 Å². The summed E-state index contributed by atoms with van der Waals surface area (Å²) in [6.45, 7) is 3.49. The molecule has 0 unspecified atom stereocenters. The predicted octanol–water partition coefficient (Wildman–Crippen LogP) is 2.55. The zero-order valence-corrected chi connectivity index (χ0v) is 8.86. The predicted molar refractivity (Wildman–Crippen MR) is 53.2 cm³/mol. The molecule has 0 spiro atoms. The van der Waals surface area contributed by atoms with Gasteiger partial charge in [0.1, 0.15) is 0 Å². The Labute approximate surface area is 78.1 Å². The highest BCUT2D eigenvalue weighted by atomic mass is 79.9. The quantitative estimate of drug-likeness (QED) is 0.720. The van der Waals surface area contributed by atoms with Crippen molar-refractivity contribution in [2.24, 2.45) is 5.92 Å². The Morgan fingerprint density at radius 2 is 1.91 bits per heavy atom. The number of halogens is 1. The third-order valence-electron chi connectivity index (χ3n) is 2.54. The molecule has 1 aliphatic carbocycles. The molecule has 1 N–H and O–H groups in total. The minimum atomic E-state index is 0.809. The van der Waals surface area contributed by atoms with Gasteiger partial charge >= 0.3 is 0 Å². The second-order valence-electron chi connectivity index (χ2n) is 3.60. The van der Waals surface area contributed by atoms with Gasteiger partial charge in [0.15, 0.2) is 0 Å². The van der Waals surface area contributed by atoms with E-state index in [1.807, 2.05) is 0 Å². The Morgan fingerprint density at radius 1 is 1.27 bits per heavy atom. The molecule has 1 nitrogen and oxygen atoms in total. The van der Waals surface area contributed by atoms with Gasteiger partial charge in [0.05, 0.1) is 0 Å². The molecule has 0 aromatic carbocycles. The van der Waals surface area contributed by atoms with Crippen LogP contribution in [-0.4, -0.2) is 17.9 Å². The first-order chi connectivity index (χ1) is 5.33. The van der Waals surface area contributed by atoms with Crippen molar-refractivity contribution >= 4 is 15.9 Å². The molecular formula is C9H18BrN. The number of nitrogens with one attached hydrogen (secondary N) is 1. The second kappa shape index (κ2) is 5.15. The number of alkyl halides is 1. The lowest BCUT2D eigenvalue weighted by atomic mass is 9.87. The van der Waals surface area contributed by atoms with Gasteiger partial charge in [-0.25, -0.2) is 0 Å². The van der Waals surface area contributed by atoms with Crippen molar-refractivity contribution < 1.29 is 0 Å². The van der Waals surface area contributed by atoms with Crippen LogP contribution in [0.3, 0.4) is 0 Å². The van der Waals surface area contributed by atoms with Crippen molar-refractivity contribution in [2.75, 3.05) is 11.9 Å². The van der Waals surface area contributed by atoms with Gasteiger partial charge in [-0.3, -0.25) is 0 Å². The topological polar surface area (TPSA) is 12.0 Å². The van der Waals surface area contributed by atoms with Gasteiger partial charge in [0.2, 0.25) is 0 Å². The monoisotopic (exact) mass is 219 g/mol. The van der Waals surface area contributed by atoms with E-state index < -0.39 is 0 Å². The van der Waals surface area contributed by atoms with E-state index in [0.29, 0.717) is 0 Å². The van der Waals surface area contributed by atoms with Gasteiger partial charge in [0.25, 0.3) is 0 Å². The largest absolute Gasteiger partial charge is 0.313 e. The molecule has 66 valence electrons. The molecule has 0 aliphatic heterocycles. The zero-order chi connectivity index (χ0) is 8.10. The fourth-order valence-corrected chi connectivity index (χ4v) is 1.95. The number of hydrogen-bond acceptors (Lipinski definition) is 1. The van der Waals surface area contributed by atoms with E-state index in [9.17, 15) is 0 Å². The van der Waals surface area contributed by atoms with Crippen LogP contribution in [0.2, 0.25) is 0 Å². The van der Waals surface area contributed by atoms with Crippen LogP contribution < -0.4 is 5.32 Å². The average Bonchev–Trinajstić information content (AvgIpc) is 2.04. The first-order valence-corrected chi connectivity index (χ1v) is 5.74. The molecule has 0 saturated heterocycles. The standard InChI is InChI=1S/C9H18BrN/c1-8-2-4-9(5-3-8)11-7-6-10/h8-9,11H,2-7H2,1H3. The van der Waals surface area contributed by atoms with Crippen LogP contribution in [-0.2, 0) is 0 Å². The molecule has 2 heteroatoms. The summed E-state index contributed by atoms with van der Waals surface area (Å²) in [6.07, 6.45) is 5.60. The first-order valence-electron chi connectivity index (χ1n) is 4.62. The van der Waals surface area contributed by atoms with E-state index in [1.165, 1.54) is 25.7 Å². The first kappa shape index (κ1) is 9.53. The highest BCUT2D eigenvalue weighted by molar-refractivity contribution is 9.09. The molecule has 0 aromatic rings. The maximum atomic E-state index is 3.54. The summed E-state index contributed by atoms with van der Waals surface area (Å²) in [5.41, 5.74) is 0. The molecule has 11 heavy (non-hydrogen) atoms. The van der Waals surface area contributed by atoms with Gasteiger partial charge < -0.3 is 5.32 Å². The fourth-order valence-electron chi connectivity index (χ4n) is 1.72. The summed E-state index contributed by atoms with van der Waals surface area (Å²) in [7, 11) is 0. The number of rotatable bonds is 3. The Bertz CT molecular complexity index is 95.0. The van der Waals surface area contributed by atoms with E-state index in [2.05, 4.69) is 28.2 Å². The summed E-state index contributed by atoms with van der Waals surface area (Å²) < 4.78 is 0. The van der Waals surface area contributed by atoms with Gasteiger partial charge in [-0.2, -0.15) is 0 Å². The van der Waals surface area contributed by atoms with E-state index >= 15 is 0 Å². The van der Waals surface area contributed by atoms with Gasteiger partial charge in [-0.05, 0) is 31.6 Å². The maximum absolute atomic E-state index is 3.54. The second-order valence-corrected chi connectivity index (χ2v) is 4.39. The Balaban J connectivity index is 2.07. The average molecular weight is 220 g/mol. The highest BCUT2D eigenvalue weighted by Crippen LogP contribution is 2.23. The van der Waals surface area contributed by atoms with Crippen molar-refractivity contribution in [1.29, 1.82) is 0 Å². The summed E-state index contributed by atoms with van der Waals surface area (Å²) in [5, 5.41) is 4.63. The minimum absolute atomic E-state index is 0.809. The summed E-state index contributed by atoms with van der Waals surface area (Å²) in [4.78, 5) is 0. The SMILES string of the molecule is CC1CCC(NCCBr)CC1. The van der Waals surface area contributed by atoms with Crippen LogP contribution in [0.5, 0.6) is 0 Å². The molecule has 0 bridgehead atoms. The van der Waals surface area contributed by atoms with Crippen LogP contribution in [0.4, 0.5) is 0 Å². The lowest BCUT2D eigenvalue weighted by molar-refractivity contribution is 0.312. The Kier molecular flexibility index (Phi) is 4.46. The normalized spacial score (nSPS) is 32.2. The molecule has 1 rings (SSSR count). The van der Waals surface area contributed by atoms with Gasteiger partial charge in [0, 0.05) is 17.9 Å². The highest BCUT2D eigenvalue weighted by Gasteiger charge is 2.16. The van der Waals surface area contributed by atoms with E-state index in [0.717, 1.165) is 23.8 Å². The van der Waals surface area contributed by atoms with E-state index in [-0.39, 0.29) is 0 Å². The summed E-state index contributed by atoms with van der Waals surface area (Å²) in [5.74, 6) is 0.969. The molecule has 0 aromatic heterocycles. The molecule has 1 saturated carbocycles. The Morgan fingerprint density at radius 3 is 2.45 bits per heavy atom. The third kappa shape index (κ3) is 3.57. The molecule has 1 fully saturated rings. The minimum Gasteiger partial charge on any atom is -0.313 e. The Hall–Kier alpha value is 0.440. The van der Waals surface area contributed by atoms with Crippen LogP contribution >= 0.6 is 15.9 Å². The van der Waals surface area contributed by atoms with Crippen molar-refractivity contribution in [3.8, 4) is 0 Å². The van der Waals surface area contributed by atoms with Gasteiger partial charge in [-0.15, -0.1) is 0 Å². The van der Waals surface area contributed by atoms with Crippen LogP contribution in [0.1, 0.15) is 32.6 Å². The molecule has 1 aliphatic rings. The maximum Gasteiger partial charge on any atom is 0.0157 e. The van der Waals surface area contributed by atoms with Gasteiger partial charge in [-0.1, -0.05) is 22.9 Å². The van der Waals surface area contributed by atoms with Crippen LogP contribution in [0.25, 0.3) is 0 Å². The number of hydrogen-bond donors (Lipinski definition) is 1. The molecule has 0 atom stereocenters. The lowest BCUT2D eigenvalue weighted by Gasteiger charge is -2.26. The lowest BCUT2D eigenvalue weighted by Crippen LogP contribution is -2.33. The van der Waals surface area contributed by atoms with Crippen molar-refractivity contribution in [3.63, 3.8) is 0 Å². The van der Waals surface area contributed by atoms with Crippen molar-refractivity contribution in [1.82, 2.24) is 5.32 Å². The van der Waals surface area contributed by atoms with Crippen LogP contribution in [0.15, 0.2) is 0 Å². The summed E-state index contributed by atoms with van der Waals surface area (Å²) >= 11 is 3.43. The zero-order valence-electron chi connectivity index (χ0n) is 7.28.